The van der Waals surface area contributed by atoms with Gasteiger partial charge in [0.25, 0.3) is 0 Å². The molecule has 0 aliphatic rings. The average Bonchev–Trinajstić information content (AvgIpc) is 2.42. The molecule has 0 radical (unpaired) electrons. The van der Waals surface area contributed by atoms with Crippen molar-refractivity contribution >= 4 is 0 Å². The zero-order valence-electron chi connectivity index (χ0n) is 11.5. The van der Waals surface area contributed by atoms with Crippen molar-refractivity contribution in [1.29, 1.82) is 0 Å². The predicted molar refractivity (Wildman–Crippen MR) is 74.8 cm³/mol. The van der Waals surface area contributed by atoms with Crippen molar-refractivity contribution in [2.75, 3.05) is 33.5 Å². The van der Waals surface area contributed by atoms with E-state index in [1.54, 1.807) is 7.11 Å². The van der Waals surface area contributed by atoms with Crippen LogP contribution in [-0.4, -0.2) is 33.5 Å². The fourth-order valence-corrected chi connectivity index (χ4v) is 1.75. The fraction of sp³-hybridized carbons (Fsp3) is 0.600. The topological polar surface area (TPSA) is 30.5 Å². The summed E-state index contributed by atoms with van der Waals surface area (Å²) in [5.41, 5.74) is 1.34. The van der Waals surface area contributed by atoms with Crippen molar-refractivity contribution in [2.24, 2.45) is 0 Å². The SMILES string of the molecule is COCCOCCCCNC(C)c1ccccc1. The van der Waals surface area contributed by atoms with Gasteiger partial charge >= 0.3 is 0 Å². The highest BCUT2D eigenvalue weighted by Gasteiger charge is 2.02. The summed E-state index contributed by atoms with van der Waals surface area (Å²) in [6.45, 7) is 5.44. The van der Waals surface area contributed by atoms with Crippen molar-refractivity contribution in [2.45, 2.75) is 25.8 Å². The van der Waals surface area contributed by atoms with Gasteiger partial charge in [0.05, 0.1) is 13.2 Å². The second-order valence-electron chi connectivity index (χ2n) is 4.40. The van der Waals surface area contributed by atoms with Gasteiger partial charge in [-0.3, -0.25) is 0 Å². The first-order chi connectivity index (χ1) is 8.84. The van der Waals surface area contributed by atoms with Gasteiger partial charge in [-0.25, -0.2) is 0 Å². The number of rotatable bonds is 10. The first-order valence-corrected chi connectivity index (χ1v) is 6.69. The molecule has 0 heterocycles. The maximum atomic E-state index is 5.41. The smallest absolute Gasteiger partial charge is 0.0700 e. The van der Waals surface area contributed by atoms with Gasteiger partial charge < -0.3 is 14.8 Å². The lowest BCUT2D eigenvalue weighted by Crippen LogP contribution is -2.20. The Kier molecular flexibility index (Phi) is 8.47. The molecular weight excluding hydrogens is 226 g/mol. The van der Waals surface area contributed by atoms with Crippen molar-refractivity contribution in [1.82, 2.24) is 5.32 Å². The number of unbranched alkanes of at least 4 members (excludes halogenated alkanes) is 1. The Labute approximate surface area is 110 Å². The number of benzene rings is 1. The molecule has 0 aromatic heterocycles. The lowest BCUT2D eigenvalue weighted by atomic mass is 10.1. The molecule has 102 valence electrons. The molecule has 0 amide bonds. The van der Waals surface area contributed by atoms with Gasteiger partial charge in [-0.1, -0.05) is 30.3 Å². The Morgan fingerprint density at radius 2 is 1.83 bits per heavy atom. The third kappa shape index (κ3) is 6.74. The van der Waals surface area contributed by atoms with Gasteiger partial charge in [0.15, 0.2) is 0 Å². The third-order valence-corrected chi connectivity index (χ3v) is 2.90. The maximum Gasteiger partial charge on any atom is 0.0700 e. The van der Waals surface area contributed by atoms with Crippen LogP contribution in [0.2, 0.25) is 0 Å². The number of ether oxygens (including phenoxy) is 2. The Bertz CT molecular complexity index is 290. The maximum absolute atomic E-state index is 5.41. The molecule has 0 saturated carbocycles. The zero-order valence-corrected chi connectivity index (χ0v) is 11.5. The van der Waals surface area contributed by atoms with Crippen LogP contribution in [0.4, 0.5) is 0 Å². The summed E-state index contributed by atoms with van der Waals surface area (Å²) >= 11 is 0. The van der Waals surface area contributed by atoms with Gasteiger partial charge in [-0.2, -0.15) is 0 Å². The summed E-state index contributed by atoms with van der Waals surface area (Å²) in [5.74, 6) is 0. The molecule has 1 atom stereocenters. The van der Waals surface area contributed by atoms with E-state index in [0.29, 0.717) is 19.3 Å². The fourth-order valence-electron chi connectivity index (χ4n) is 1.75. The summed E-state index contributed by atoms with van der Waals surface area (Å²) in [4.78, 5) is 0. The highest BCUT2D eigenvalue weighted by Crippen LogP contribution is 2.10. The largest absolute Gasteiger partial charge is 0.382 e. The van der Waals surface area contributed by atoms with Crippen molar-refractivity contribution < 1.29 is 9.47 Å². The molecule has 0 saturated heterocycles. The van der Waals surface area contributed by atoms with E-state index in [2.05, 4.69) is 36.5 Å². The summed E-state index contributed by atoms with van der Waals surface area (Å²) in [6.07, 6.45) is 2.24. The van der Waals surface area contributed by atoms with Gasteiger partial charge in [0.2, 0.25) is 0 Å². The molecule has 1 unspecified atom stereocenters. The number of nitrogens with one attached hydrogen (secondary N) is 1. The standard InChI is InChI=1S/C15H25NO2/c1-14(15-8-4-3-5-9-15)16-10-6-7-11-18-13-12-17-2/h3-5,8-9,14,16H,6-7,10-13H2,1-2H3. The van der Waals surface area contributed by atoms with Crippen LogP contribution in [-0.2, 0) is 9.47 Å². The quantitative estimate of drug-likeness (QED) is 0.649. The molecule has 0 aliphatic carbocycles. The van der Waals surface area contributed by atoms with Crippen LogP contribution in [0.15, 0.2) is 30.3 Å². The van der Waals surface area contributed by atoms with Crippen LogP contribution >= 0.6 is 0 Å². The van der Waals surface area contributed by atoms with E-state index in [9.17, 15) is 0 Å². The van der Waals surface area contributed by atoms with Gasteiger partial charge in [-0.15, -0.1) is 0 Å². The summed E-state index contributed by atoms with van der Waals surface area (Å²) in [5, 5.41) is 3.52. The summed E-state index contributed by atoms with van der Waals surface area (Å²) in [7, 11) is 1.69. The summed E-state index contributed by atoms with van der Waals surface area (Å²) < 4.78 is 10.3. The number of hydrogen-bond donors (Lipinski definition) is 1. The molecule has 0 bridgehead atoms. The first-order valence-electron chi connectivity index (χ1n) is 6.69. The molecule has 0 spiro atoms. The van der Waals surface area contributed by atoms with Crippen LogP contribution in [0, 0.1) is 0 Å². The lowest BCUT2D eigenvalue weighted by Gasteiger charge is -2.14. The molecule has 0 aliphatic heterocycles. The zero-order chi connectivity index (χ0) is 13.1. The van der Waals surface area contributed by atoms with Crippen LogP contribution in [0.3, 0.4) is 0 Å². The highest BCUT2D eigenvalue weighted by molar-refractivity contribution is 5.17. The van der Waals surface area contributed by atoms with Crippen molar-refractivity contribution in [3.63, 3.8) is 0 Å². The van der Waals surface area contributed by atoms with E-state index in [4.69, 9.17) is 9.47 Å². The molecule has 1 aromatic rings. The minimum absolute atomic E-state index is 0.417. The Morgan fingerprint density at radius 3 is 2.56 bits per heavy atom. The van der Waals surface area contributed by atoms with Gasteiger partial charge in [0, 0.05) is 19.8 Å². The van der Waals surface area contributed by atoms with Crippen LogP contribution in [0.25, 0.3) is 0 Å². The number of hydrogen-bond acceptors (Lipinski definition) is 3. The molecule has 3 heteroatoms. The monoisotopic (exact) mass is 251 g/mol. The van der Waals surface area contributed by atoms with E-state index in [0.717, 1.165) is 26.0 Å². The molecule has 1 N–H and O–H groups in total. The van der Waals surface area contributed by atoms with Gasteiger partial charge in [-0.05, 0) is 31.9 Å². The lowest BCUT2D eigenvalue weighted by molar-refractivity contribution is 0.0687. The van der Waals surface area contributed by atoms with Crippen LogP contribution in [0.5, 0.6) is 0 Å². The Morgan fingerprint density at radius 1 is 1.06 bits per heavy atom. The van der Waals surface area contributed by atoms with E-state index in [1.807, 2.05) is 6.07 Å². The number of methoxy groups -OCH3 is 1. The average molecular weight is 251 g/mol. The molecule has 18 heavy (non-hydrogen) atoms. The van der Waals surface area contributed by atoms with Crippen LogP contribution in [0.1, 0.15) is 31.4 Å². The minimum atomic E-state index is 0.417. The Balaban J connectivity index is 1.98. The minimum Gasteiger partial charge on any atom is -0.382 e. The third-order valence-electron chi connectivity index (χ3n) is 2.90. The van der Waals surface area contributed by atoms with Crippen molar-refractivity contribution in [3.05, 3.63) is 35.9 Å². The molecule has 1 rings (SSSR count). The van der Waals surface area contributed by atoms with Gasteiger partial charge in [0.1, 0.15) is 0 Å². The molecule has 0 fully saturated rings. The second-order valence-corrected chi connectivity index (χ2v) is 4.40. The molecule has 3 nitrogen and oxygen atoms in total. The van der Waals surface area contributed by atoms with E-state index in [1.165, 1.54) is 5.56 Å². The van der Waals surface area contributed by atoms with Crippen molar-refractivity contribution in [3.8, 4) is 0 Å². The molecule has 1 aromatic carbocycles. The predicted octanol–water partition coefficient (Wildman–Crippen LogP) is 2.78. The van der Waals surface area contributed by atoms with Crippen LogP contribution < -0.4 is 5.32 Å². The second kappa shape index (κ2) is 10.1. The van der Waals surface area contributed by atoms with E-state index >= 15 is 0 Å². The highest BCUT2D eigenvalue weighted by atomic mass is 16.5. The molecular formula is C15H25NO2. The van der Waals surface area contributed by atoms with E-state index in [-0.39, 0.29) is 0 Å². The first kappa shape index (κ1) is 15.2. The van der Waals surface area contributed by atoms with E-state index < -0.39 is 0 Å². The Hall–Kier alpha value is -0.900. The summed E-state index contributed by atoms with van der Waals surface area (Å²) in [6, 6.07) is 10.9. The normalized spacial score (nSPS) is 12.6.